The number of nitrogens with zero attached hydrogens (tertiary/aromatic N) is 2. The van der Waals surface area contributed by atoms with Crippen LogP contribution >= 0.6 is 0 Å². The Hall–Kier alpha value is -2.83. The largest absolute Gasteiger partial charge is 0.444 e. The van der Waals surface area contributed by atoms with Crippen molar-refractivity contribution in [1.82, 2.24) is 15.2 Å². The van der Waals surface area contributed by atoms with Gasteiger partial charge in [-0.25, -0.2) is 9.78 Å². The van der Waals surface area contributed by atoms with Gasteiger partial charge in [0.1, 0.15) is 11.1 Å². The minimum Gasteiger partial charge on any atom is -0.444 e. The Balaban J connectivity index is 1.47. The van der Waals surface area contributed by atoms with E-state index in [2.05, 4.69) is 10.3 Å². The molecule has 1 N–H and O–H groups in total. The minimum absolute atomic E-state index is 0.0319. The number of para-hydroxylation sites is 2. The summed E-state index contributed by atoms with van der Waals surface area (Å²) >= 11 is 0. The number of hydrogen-bond acceptors (Lipinski definition) is 5. The number of benzene rings is 1. The van der Waals surface area contributed by atoms with Gasteiger partial charge >= 0.3 is 6.09 Å². The van der Waals surface area contributed by atoms with Crippen molar-refractivity contribution in [2.24, 2.45) is 0 Å². The number of hydrogen-bond donors (Lipinski definition) is 1. The number of rotatable bonds is 3. The van der Waals surface area contributed by atoms with E-state index in [0.29, 0.717) is 37.4 Å². The van der Waals surface area contributed by atoms with Crippen molar-refractivity contribution in [3.63, 3.8) is 0 Å². The van der Waals surface area contributed by atoms with Gasteiger partial charge in [-0.15, -0.1) is 0 Å². The van der Waals surface area contributed by atoms with E-state index in [1.807, 2.05) is 45.0 Å². The molecule has 1 saturated heterocycles. The van der Waals surface area contributed by atoms with Crippen LogP contribution in [0.3, 0.4) is 0 Å². The molecule has 144 valence electrons. The fourth-order valence-electron chi connectivity index (χ4n) is 2.89. The van der Waals surface area contributed by atoms with Crippen molar-refractivity contribution in [1.29, 1.82) is 0 Å². The van der Waals surface area contributed by atoms with Gasteiger partial charge in [-0.05, 0) is 45.7 Å². The molecule has 2 heterocycles. The predicted octanol–water partition coefficient (Wildman–Crippen LogP) is 3.36. The van der Waals surface area contributed by atoms with Gasteiger partial charge in [-0.3, -0.25) is 4.79 Å². The van der Waals surface area contributed by atoms with Gasteiger partial charge in [0.05, 0.1) is 0 Å². The zero-order valence-electron chi connectivity index (χ0n) is 15.9. The summed E-state index contributed by atoms with van der Waals surface area (Å²) in [5.74, 6) is 0.194. The number of nitrogens with one attached hydrogen (secondary N) is 1. The summed E-state index contributed by atoms with van der Waals surface area (Å²) in [4.78, 5) is 30.2. The van der Waals surface area contributed by atoms with Crippen molar-refractivity contribution >= 4 is 29.2 Å². The summed E-state index contributed by atoms with van der Waals surface area (Å²) in [7, 11) is 0. The number of oxazole rings is 1. The highest BCUT2D eigenvalue weighted by Gasteiger charge is 2.27. The summed E-state index contributed by atoms with van der Waals surface area (Å²) < 4.78 is 10.9. The Bertz CT molecular complexity index is 809. The highest BCUT2D eigenvalue weighted by atomic mass is 16.6. The lowest BCUT2D eigenvalue weighted by molar-refractivity contribution is -0.117. The number of carbonyl (C=O) groups is 2. The molecular weight excluding hydrogens is 346 g/mol. The molecule has 7 nitrogen and oxygen atoms in total. The molecule has 1 fully saturated rings. The summed E-state index contributed by atoms with van der Waals surface area (Å²) in [6.45, 7) is 6.67. The maximum atomic E-state index is 12.1. The van der Waals surface area contributed by atoms with E-state index in [-0.39, 0.29) is 18.0 Å². The first-order valence-electron chi connectivity index (χ1n) is 9.12. The van der Waals surface area contributed by atoms with Crippen LogP contribution < -0.4 is 5.32 Å². The smallest absolute Gasteiger partial charge is 0.410 e. The average Bonchev–Trinajstić information content (AvgIpc) is 3.02. The molecule has 1 aromatic carbocycles. The van der Waals surface area contributed by atoms with Gasteiger partial charge in [0.15, 0.2) is 5.58 Å². The number of likely N-dealkylation sites (tertiary alicyclic amines) is 1. The van der Waals surface area contributed by atoms with Crippen LogP contribution in [0, 0.1) is 0 Å². The molecule has 0 aliphatic carbocycles. The Kier molecular flexibility index (Phi) is 5.48. The number of fused-ring (bicyclic) bond motifs is 1. The number of aromatic nitrogens is 1. The SMILES string of the molecule is CC(C)(C)OC(=O)N1CCC(NC(=O)/C=C/c2nc3ccccc3o2)CC1. The van der Waals surface area contributed by atoms with E-state index in [4.69, 9.17) is 9.15 Å². The zero-order valence-corrected chi connectivity index (χ0v) is 15.9. The van der Waals surface area contributed by atoms with Crippen molar-refractivity contribution in [3.8, 4) is 0 Å². The van der Waals surface area contributed by atoms with Gasteiger partial charge in [0.2, 0.25) is 11.8 Å². The average molecular weight is 371 g/mol. The van der Waals surface area contributed by atoms with Gasteiger partial charge in [0.25, 0.3) is 0 Å². The van der Waals surface area contributed by atoms with E-state index in [1.165, 1.54) is 6.08 Å². The lowest BCUT2D eigenvalue weighted by Gasteiger charge is -2.33. The van der Waals surface area contributed by atoms with Crippen molar-refractivity contribution in [2.45, 2.75) is 45.3 Å². The van der Waals surface area contributed by atoms with Crippen LogP contribution in [-0.4, -0.2) is 46.6 Å². The topological polar surface area (TPSA) is 84.7 Å². The summed E-state index contributed by atoms with van der Waals surface area (Å²) in [6.07, 6.45) is 4.07. The second kappa shape index (κ2) is 7.82. The molecule has 7 heteroatoms. The van der Waals surface area contributed by atoms with Crippen LogP contribution in [0.5, 0.6) is 0 Å². The highest BCUT2D eigenvalue weighted by molar-refractivity contribution is 5.91. The first-order valence-corrected chi connectivity index (χ1v) is 9.12. The van der Waals surface area contributed by atoms with Crippen molar-refractivity contribution in [3.05, 3.63) is 36.2 Å². The lowest BCUT2D eigenvalue weighted by Crippen LogP contribution is -2.47. The predicted molar refractivity (Wildman–Crippen MR) is 102 cm³/mol. The number of piperidine rings is 1. The molecule has 1 aromatic heterocycles. The van der Waals surface area contributed by atoms with Crippen LogP contribution in [0.1, 0.15) is 39.5 Å². The molecule has 0 saturated carbocycles. The summed E-state index contributed by atoms with van der Waals surface area (Å²) in [5.41, 5.74) is 0.941. The van der Waals surface area contributed by atoms with Crippen LogP contribution in [0.4, 0.5) is 4.79 Å². The normalized spacial score (nSPS) is 16.0. The van der Waals surface area contributed by atoms with Gasteiger partial charge < -0.3 is 19.4 Å². The Morgan fingerprint density at radius 1 is 1.26 bits per heavy atom. The Labute approximate surface area is 158 Å². The van der Waals surface area contributed by atoms with Crippen molar-refractivity contribution in [2.75, 3.05) is 13.1 Å². The summed E-state index contributed by atoms with van der Waals surface area (Å²) in [6, 6.07) is 7.48. The second-order valence-corrected chi connectivity index (χ2v) is 7.60. The van der Waals surface area contributed by atoms with E-state index in [9.17, 15) is 9.59 Å². The molecule has 1 aliphatic heterocycles. The molecule has 0 atom stereocenters. The highest BCUT2D eigenvalue weighted by Crippen LogP contribution is 2.17. The van der Waals surface area contributed by atoms with Crippen LogP contribution in [-0.2, 0) is 9.53 Å². The number of ether oxygens (including phenoxy) is 1. The van der Waals surface area contributed by atoms with Gasteiger partial charge in [0, 0.05) is 31.3 Å². The standard InChI is InChI=1S/C20H25N3O4/c1-20(2,3)27-19(25)23-12-10-14(11-13-23)21-17(24)8-9-18-22-15-6-4-5-7-16(15)26-18/h4-9,14H,10-13H2,1-3H3,(H,21,24)/b9-8+. The minimum atomic E-state index is -0.502. The Morgan fingerprint density at radius 3 is 2.63 bits per heavy atom. The number of amides is 2. The quantitative estimate of drug-likeness (QED) is 0.837. The van der Waals surface area contributed by atoms with Crippen LogP contribution in [0.2, 0.25) is 0 Å². The van der Waals surface area contributed by atoms with E-state index in [1.54, 1.807) is 11.0 Å². The molecule has 0 spiro atoms. The molecule has 1 aliphatic rings. The molecule has 2 aromatic rings. The van der Waals surface area contributed by atoms with Crippen molar-refractivity contribution < 1.29 is 18.7 Å². The molecule has 0 unspecified atom stereocenters. The van der Waals surface area contributed by atoms with E-state index in [0.717, 1.165) is 5.52 Å². The molecule has 2 amide bonds. The van der Waals surface area contributed by atoms with E-state index >= 15 is 0 Å². The van der Waals surface area contributed by atoms with E-state index < -0.39 is 5.60 Å². The third-order valence-electron chi connectivity index (χ3n) is 4.18. The fraction of sp³-hybridized carbons (Fsp3) is 0.450. The Morgan fingerprint density at radius 2 is 1.96 bits per heavy atom. The number of carbonyl (C=O) groups excluding carboxylic acids is 2. The van der Waals surface area contributed by atoms with Gasteiger partial charge in [-0.1, -0.05) is 12.1 Å². The maximum Gasteiger partial charge on any atom is 0.410 e. The first-order chi connectivity index (χ1) is 12.8. The first kappa shape index (κ1) is 18.9. The van der Waals surface area contributed by atoms with Gasteiger partial charge in [-0.2, -0.15) is 0 Å². The summed E-state index contributed by atoms with van der Waals surface area (Å²) in [5, 5.41) is 2.96. The lowest BCUT2D eigenvalue weighted by atomic mass is 10.1. The molecular formula is C20H25N3O4. The third-order valence-corrected chi connectivity index (χ3v) is 4.18. The van der Waals surface area contributed by atoms with Crippen LogP contribution in [0.15, 0.2) is 34.8 Å². The van der Waals surface area contributed by atoms with Crippen LogP contribution in [0.25, 0.3) is 17.2 Å². The zero-order chi connectivity index (χ0) is 19.4. The maximum absolute atomic E-state index is 12.1. The second-order valence-electron chi connectivity index (χ2n) is 7.60. The monoisotopic (exact) mass is 371 g/mol. The third kappa shape index (κ3) is 5.32. The fourth-order valence-corrected chi connectivity index (χ4v) is 2.89. The molecule has 0 radical (unpaired) electrons. The molecule has 3 rings (SSSR count). The molecule has 0 bridgehead atoms. The molecule has 27 heavy (non-hydrogen) atoms.